The number of amides is 2. The zero-order valence-electron chi connectivity index (χ0n) is 20.6. The number of likely N-dealkylation sites (tertiary alicyclic amines) is 1. The molecule has 3 aliphatic rings. The molecule has 1 unspecified atom stereocenters. The zero-order valence-corrected chi connectivity index (χ0v) is 20.6. The number of aryl methyl sites for hydroxylation is 2. The van der Waals surface area contributed by atoms with Gasteiger partial charge in [0.25, 0.3) is 5.91 Å². The van der Waals surface area contributed by atoms with E-state index in [1.807, 2.05) is 4.90 Å². The van der Waals surface area contributed by atoms with Crippen molar-refractivity contribution in [1.29, 1.82) is 0 Å². The van der Waals surface area contributed by atoms with Crippen LogP contribution in [-0.2, 0) is 17.8 Å². The Morgan fingerprint density at radius 3 is 2.61 bits per heavy atom. The Hall–Kier alpha value is -3.20. The maximum absolute atomic E-state index is 13.3. The number of nitrogens with one attached hydrogen (secondary N) is 1. The van der Waals surface area contributed by atoms with Crippen LogP contribution in [-0.4, -0.2) is 60.6 Å². The van der Waals surface area contributed by atoms with Gasteiger partial charge in [-0.1, -0.05) is 12.1 Å². The summed E-state index contributed by atoms with van der Waals surface area (Å²) in [5.74, 6) is -0.458. The first-order valence-corrected chi connectivity index (χ1v) is 12.5. The molecule has 2 amide bonds. The van der Waals surface area contributed by atoms with E-state index in [-0.39, 0.29) is 34.8 Å². The second-order valence-electron chi connectivity index (χ2n) is 9.94. The van der Waals surface area contributed by atoms with Gasteiger partial charge in [0, 0.05) is 38.3 Å². The number of hydrogen-bond donors (Lipinski definition) is 1. The van der Waals surface area contributed by atoms with Crippen LogP contribution in [0.25, 0.3) is 0 Å². The summed E-state index contributed by atoms with van der Waals surface area (Å²) in [6.07, 6.45) is -1.01. The molecule has 0 bridgehead atoms. The highest BCUT2D eigenvalue weighted by Crippen LogP contribution is 2.41. The van der Waals surface area contributed by atoms with E-state index < -0.39 is 6.29 Å². The lowest BCUT2D eigenvalue weighted by Crippen LogP contribution is -2.47. The van der Waals surface area contributed by atoms with Gasteiger partial charge < -0.3 is 24.6 Å². The molecular weight excluding hydrogens is 468 g/mol. The lowest BCUT2D eigenvalue weighted by molar-refractivity contribution is -0.286. The summed E-state index contributed by atoms with van der Waals surface area (Å²) in [5.41, 5.74) is 5.37. The largest absolute Gasteiger partial charge is 0.586 e. The standard InChI is InChI=1S/C27H31F2N3O4/c1-17-12-19-7-10-32(16-22(19)13-18(17)2)26(34)21-4-3-9-31(15-21)11-8-30-25(33)20-5-6-23-24(14-20)36-27(28,29)35-23/h5-6,12-14,21H,3-4,7-11,15-16H2,1-2H3,(H,30,33). The Balaban J connectivity index is 1.11. The highest BCUT2D eigenvalue weighted by Gasteiger charge is 2.43. The Bertz CT molecular complexity index is 1190. The van der Waals surface area contributed by atoms with Gasteiger partial charge in [0.15, 0.2) is 11.5 Å². The molecule has 0 aromatic heterocycles. The monoisotopic (exact) mass is 499 g/mol. The van der Waals surface area contributed by atoms with Gasteiger partial charge in [-0.25, -0.2) is 0 Å². The first-order valence-electron chi connectivity index (χ1n) is 12.5. The summed E-state index contributed by atoms with van der Waals surface area (Å²) < 4.78 is 35.2. The molecule has 1 atom stereocenters. The number of fused-ring (bicyclic) bond motifs is 2. The van der Waals surface area contributed by atoms with Crippen LogP contribution in [0.2, 0.25) is 0 Å². The molecule has 9 heteroatoms. The van der Waals surface area contributed by atoms with Crippen molar-refractivity contribution < 1.29 is 27.8 Å². The molecular formula is C27H31F2N3O4. The average molecular weight is 500 g/mol. The predicted octanol–water partition coefficient (Wildman–Crippen LogP) is 3.65. The van der Waals surface area contributed by atoms with Crippen LogP contribution in [0.4, 0.5) is 8.78 Å². The van der Waals surface area contributed by atoms with Gasteiger partial charge in [0.05, 0.1) is 5.92 Å². The Kier molecular flexibility index (Phi) is 6.59. The number of hydrogen-bond acceptors (Lipinski definition) is 5. The third kappa shape index (κ3) is 5.16. The van der Waals surface area contributed by atoms with Crippen LogP contribution >= 0.6 is 0 Å². The fraction of sp³-hybridized carbons (Fsp3) is 0.481. The van der Waals surface area contributed by atoms with Gasteiger partial charge in [0.1, 0.15) is 0 Å². The summed E-state index contributed by atoms with van der Waals surface area (Å²) >= 11 is 0. The summed E-state index contributed by atoms with van der Waals surface area (Å²) in [4.78, 5) is 30.0. The molecule has 1 fully saturated rings. The second kappa shape index (κ2) is 9.69. The van der Waals surface area contributed by atoms with Gasteiger partial charge in [-0.15, -0.1) is 8.78 Å². The number of ether oxygens (including phenoxy) is 2. The smallest absolute Gasteiger partial charge is 0.395 e. The fourth-order valence-corrected chi connectivity index (χ4v) is 5.28. The van der Waals surface area contributed by atoms with Crippen molar-refractivity contribution in [3.63, 3.8) is 0 Å². The van der Waals surface area contributed by atoms with Gasteiger partial charge in [0.2, 0.25) is 5.91 Å². The van der Waals surface area contributed by atoms with Crippen molar-refractivity contribution in [1.82, 2.24) is 15.1 Å². The minimum Gasteiger partial charge on any atom is -0.395 e. The lowest BCUT2D eigenvalue weighted by atomic mass is 9.92. The van der Waals surface area contributed by atoms with Crippen molar-refractivity contribution >= 4 is 11.8 Å². The van der Waals surface area contributed by atoms with Crippen molar-refractivity contribution in [3.8, 4) is 11.5 Å². The van der Waals surface area contributed by atoms with Gasteiger partial charge in [-0.2, -0.15) is 0 Å². The Morgan fingerprint density at radius 1 is 1.06 bits per heavy atom. The SMILES string of the molecule is Cc1cc2c(cc1C)CN(C(=O)C1CCCN(CCNC(=O)c3ccc4c(c3)OC(F)(F)O4)C1)CC2. The minimum atomic E-state index is -3.71. The van der Waals surface area contributed by atoms with Crippen LogP contribution in [0.1, 0.15) is 45.5 Å². The molecule has 3 heterocycles. The molecule has 0 spiro atoms. The lowest BCUT2D eigenvalue weighted by Gasteiger charge is -2.37. The van der Waals surface area contributed by atoms with Crippen molar-refractivity contribution in [2.45, 2.75) is 45.9 Å². The molecule has 192 valence electrons. The topological polar surface area (TPSA) is 71.1 Å². The number of carbonyl (C=O) groups is 2. The van der Waals surface area contributed by atoms with Gasteiger partial charge in [-0.3, -0.25) is 9.59 Å². The molecule has 1 N–H and O–H groups in total. The van der Waals surface area contributed by atoms with E-state index in [1.54, 1.807) is 0 Å². The number of rotatable bonds is 5. The molecule has 0 aliphatic carbocycles. The molecule has 3 aliphatic heterocycles. The normalized spacial score (nSPS) is 20.7. The number of piperidine rings is 1. The van der Waals surface area contributed by atoms with Crippen LogP contribution in [0.15, 0.2) is 30.3 Å². The maximum Gasteiger partial charge on any atom is 0.586 e. The third-order valence-electron chi connectivity index (χ3n) is 7.37. The number of benzene rings is 2. The molecule has 2 aromatic carbocycles. The van der Waals surface area contributed by atoms with E-state index in [0.29, 0.717) is 26.2 Å². The van der Waals surface area contributed by atoms with Crippen LogP contribution in [0.3, 0.4) is 0 Å². The number of nitrogens with zero attached hydrogens (tertiary/aromatic N) is 2. The van der Waals surface area contributed by atoms with Gasteiger partial charge >= 0.3 is 6.29 Å². The van der Waals surface area contributed by atoms with E-state index in [4.69, 9.17) is 0 Å². The van der Waals surface area contributed by atoms with E-state index >= 15 is 0 Å². The summed E-state index contributed by atoms with van der Waals surface area (Å²) in [7, 11) is 0. The summed E-state index contributed by atoms with van der Waals surface area (Å²) in [5, 5.41) is 2.83. The second-order valence-corrected chi connectivity index (χ2v) is 9.94. The molecule has 0 radical (unpaired) electrons. The van der Waals surface area contributed by atoms with Crippen LogP contribution in [0, 0.1) is 19.8 Å². The van der Waals surface area contributed by atoms with Crippen molar-refractivity contribution in [3.05, 3.63) is 58.1 Å². The highest BCUT2D eigenvalue weighted by atomic mass is 19.3. The van der Waals surface area contributed by atoms with Crippen LogP contribution < -0.4 is 14.8 Å². The molecule has 0 saturated carbocycles. The molecule has 5 rings (SSSR count). The van der Waals surface area contributed by atoms with Crippen molar-refractivity contribution in [2.75, 3.05) is 32.7 Å². The first kappa shape index (κ1) is 24.5. The number of alkyl halides is 2. The quantitative estimate of drug-likeness (QED) is 0.680. The Labute approximate surface area is 209 Å². The number of halogens is 2. The van der Waals surface area contributed by atoms with E-state index in [2.05, 4.69) is 45.7 Å². The molecule has 1 saturated heterocycles. The average Bonchev–Trinajstić information content (AvgIpc) is 3.17. The van der Waals surface area contributed by atoms with Crippen LogP contribution in [0.5, 0.6) is 11.5 Å². The van der Waals surface area contributed by atoms with E-state index in [1.165, 1.54) is 40.5 Å². The highest BCUT2D eigenvalue weighted by molar-refractivity contribution is 5.94. The molecule has 2 aromatic rings. The van der Waals surface area contributed by atoms with E-state index in [9.17, 15) is 18.4 Å². The minimum absolute atomic E-state index is 0.0434. The summed E-state index contributed by atoms with van der Waals surface area (Å²) in [6, 6.07) is 8.44. The van der Waals surface area contributed by atoms with Gasteiger partial charge in [-0.05, 0) is 80.1 Å². The summed E-state index contributed by atoms with van der Waals surface area (Å²) in [6.45, 7) is 8.21. The molecule has 36 heavy (non-hydrogen) atoms. The maximum atomic E-state index is 13.3. The van der Waals surface area contributed by atoms with E-state index in [0.717, 1.165) is 32.4 Å². The zero-order chi connectivity index (χ0) is 25.4. The predicted molar refractivity (Wildman–Crippen MR) is 129 cm³/mol. The Morgan fingerprint density at radius 2 is 1.81 bits per heavy atom. The third-order valence-corrected chi connectivity index (χ3v) is 7.37. The number of carbonyl (C=O) groups excluding carboxylic acids is 2. The first-order chi connectivity index (χ1) is 17.2. The van der Waals surface area contributed by atoms with Crippen molar-refractivity contribution in [2.24, 2.45) is 5.92 Å². The molecule has 7 nitrogen and oxygen atoms in total. The fourth-order valence-electron chi connectivity index (χ4n) is 5.28.